The van der Waals surface area contributed by atoms with E-state index in [4.69, 9.17) is 11.6 Å². The highest BCUT2D eigenvalue weighted by molar-refractivity contribution is 7.98. The third kappa shape index (κ3) is 3.87. The quantitative estimate of drug-likeness (QED) is 0.620. The number of halogens is 1. The Bertz CT molecular complexity index is 695. The summed E-state index contributed by atoms with van der Waals surface area (Å²) in [7, 11) is 0. The van der Waals surface area contributed by atoms with E-state index in [1.54, 1.807) is 29.4 Å². The molecule has 0 unspecified atom stereocenters. The van der Waals surface area contributed by atoms with E-state index in [2.05, 4.69) is 32.3 Å². The normalized spacial score (nSPS) is 10.9. The molecule has 0 atom stereocenters. The Morgan fingerprint density at radius 1 is 1.19 bits per heavy atom. The Kier molecular flexibility index (Phi) is 4.95. The number of hydrogen-bond donors (Lipinski definition) is 0. The van der Waals surface area contributed by atoms with Crippen LogP contribution in [0.15, 0.2) is 53.3 Å². The van der Waals surface area contributed by atoms with Gasteiger partial charge in [-0.2, -0.15) is 0 Å². The van der Waals surface area contributed by atoms with Gasteiger partial charge >= 0.3 is 0 Å². The van der Waals surface area contributed by atoms with E-state index >= 15 is 0 Å². The molecule has 6 heteroatoms. The lowest BCUT2D eigenvalue weighted by Crippen LogP contribution is -2.01. The van der Waals surface area contributed by atoms with Crippen molar-refractivity contribution in [1.82, 2.24) is 14.8 Å². The molecule has 0 fully saturated rings. The average Bonchev–Trinajstić information content (AvgIpc) is 3.16. The van der Waals surface area contributed by atoms with Crippen molar-refractivity contribution >= 4 is 34.7 Å². The van der Waals surface area contributed by atoms with Gasteiger partial charge in [-0.3, -0.25) is 0 Å². The van der Waals surface area contributed by atoms with Gasteiger partial charge in [-0.15, -0.1) is 21.5 Å². The van der Waals surface area contributed by atoms with Crippen molar-refractivity contribution in [3.8, 4) is 0 Å². The predicted octanol–water partition coefficient (Wildman–Crippen LogP) is 4.53. The fraction of sp³-hybridized carbons (Fsp3) is 0.200. The summed E-state index contributed by atoms with van der Waals surface area (Å²) in [6, 6.07) is 12.1. The first kappa shape index (κ1) is 14.6. The molecule has 3 nitrogen and oxygen atoms in total. The summed E-state index contributed by atoms with van der Waals surface area (Å²) in [4.78, 5) is 1.38. The second kappa shape index (κ2) is 7.11. The highest BCUT2D eigenvalue weighted by atomic mass is 35.5. The molecule has 0 aliphatic heterocycles. The molecule has 3 aromatic rings. The number of aryl methyl sites for hydroxylation is 2. The number of benzene rings is 1. The van der Waals surface area contributed by atoms with E-state index in [0.29, 0.717) is 0 Å². The zero-order chi connectivity index (χ0) is 14.5. The van der Waals surface area contributed by atoms with Crippen LogP contribution in [0.25, 0.3) is 0 Å². The van der Waals surface area contributed by atoms with Crippen LogP contribution in [-0.2, 0) is 18.7 Å². The highest BCUT2D eigenvalue weighted by Gasteiger charge is 2.07. The first-order valence-electron chi connectivity index (χ1n) is 6.59. The highest BCUT2D eigenvalue weighted by Crippen LogP contribution is 2.25. The lowest BCUT2D eigenvalue weighted by molar-refractivity contribution is 0.637. The number of rotatable bonds is 6. The molecule has 0 aliphatic carbocycles. The van der Waals surface area contributed by atoms with Crippen molar-refractivity contribution in [3.05, 3.63) is 63.6 Å². The van der Waals surface area contributed by atoms with Crippen LogP contribution in [0.5, 0.6) is 0 Å². The second-order valence-corrected chi connectivity index (χ2v) is 6.90. The lowest BCUT2D eigenvalue weighted by atomic mass is 10.2. The zero-order valence-corrected chi connectivity index (χ0v) is 13.7. The Morgan fingerprint density at radius 3 is 2.90 bits per heavy atom. The minimum Gasteiger partial charge on any atom is -0.308 e. The lowest BCUT2D eigenvalue weighted by Gasteiger charge is -2.06. The third-order valence-corrected chi connectivity index (χ3v) is 5.41. The summed E-state index contributed by atoms with van der Waals surface area (Å²) < 4.78 is 2.10. The van der Waals surface area contributed by atoms with Gasteiger partial charge in [0.25, 0.3) is 0 Å². The van der Waals surface area contributed by atoms with Crippen LogP contribution >= 0.6 is 34.7 Å². The maximum atomic E-state index is 6.18. The van der Waals surface area contributed by atoms with Gasteiger partial charge in [0.15, 0.2) is 5.16 Å². The largest absolute Gasteiger partial charge is 0.308 e. The molecular weight excluding hydrogens is 322 g/mol. The van der Waals surface area contributed by atoms with Gasteiger partial charge in [0.2, 0.25) is 0 Å². The van der Waals surface area contributed by atoms with Gasteiger partial charge < -0.3 is 4.57 Å². The number of hydrogen-bond acceptors (Lipinski definition) is 4. The maximum Gasteiger partial charge on any atom is 0.191 e. The summed E-state index contributed by atoms with van der Waals surface area (Å²) in [5.41, 5.74) is 1.12. The average molecular weight is 336 g/mol. The van der Waals surface area contributed by atoms with Crippen LogP contribution in [0.3, 0.4) is 0 Å². The van der Waals surface area contributed by atoms with Gasteiger partial charge in [0, 0.05) is 22.2 Å². The van der Waals surface area contributed by atoms with Crippen LogP contribution in [0.1, 0.15) is 10.4 Å². The van der Waals surface area contributed by atoms with Gasteiger partial charge in [-0.1, -0.05) is 47.6 Å². The van der Waals surface area contributed by atoms with Crippen molar-refractivity contribution in [2.45, 2.75) is 23.9 Å². The molecule has 108 valence electrons. The molecule has 0 bridgehead atoms. The van der Waals surface area contributed by atoms with Gasteiger partial charge in [0.1, 0.15) is 6.33 Å². The fourth-order valence-electron chi connectivity index (χ4n) is 1.95. The van der Waals surface area contributed by atoms with Crippen LogP contribution in [-0.4, -0.2) is 14.8 Å². The third-order valence-electron chi connectivity index (χ3n) is 3.07. The number of thioether (sulfide) groups is 1. The minimum absolute atomic E-state index is 0.801. The minimum atomic E-state index is 0.801. The molecule has 2 heterocycles. The van der Waals surface area contributed by atoms with Gasteiger partial charge in [-0.25, -0.2) is 0 Å². The molecule has 0 N–H and O–H groups in total. The van der Waals surface area contributed by atoms with E-state index in [1.807, 2.05) is 24.3 Å². The molecule has 1 aromatic carbocycles. The fourth-order valence-corrected chi connectivity index (χ4v) is 3.88. The Balaban J connectivity index is 1.61. The Labute approximate surface area is 137 Å². The maximum absolute atomic E-state index is 6.18. The standard InChI is InChI=1S/C15H14ClN3S2/c16-14-6-2-1-4-12(14)10-21-15-18-17-11-19(15)8-7-13-5-3-9-20-13/h1-6,9,11H,7-8,10H2. The first-order chi connectivity index (χ1) is 10.3. The summed E-state index contributed by atoms with van der Waals surface area (Å²) >= 11 is 9.63. The van der Waals surface area contributed by atoms with Crippen LogP contribution in [0.2, 0.25) is 5.02 Å². The number of nitrogens with zero attached hydrogens (tertiary/aromatic N) is 3. The van der Waals surface area contributed by atoms with Crippen LogP contribution < -0.4 is 0 Å². The molecule has 0 spiro atoms. The first-order valence-corrected chi connectivity index (χ1v) is 8.83. The predicted molar refractivity (Wildman–Crippen MR) is 89.1 cm³/mol. The van der Waals surface area contributed by atoms with Gasteiger partial charge in [-0.05, 0) is 29.5 Å². The SMILES string of the molecule is Clc1ccccc1CSc1nncn1CCc1cccs1. The van der Waals surface area contributed by atoms with E-state index in [-0.39, 0.29) is 0 Å². The molecular formula is C15H14ClN3S2. The summed E-state index contributed by atoms with van der Waals surface area (Å²) in [5, 5.41) is 12.1. The molecule has 0 aliphatic rings. The molecule has 3 rings (SSSR count). The van der Waals surface area contributed by atoms with Crippen LogP contribution in [0.4, 0.5) is 0 Å². The number of thiophene rings is 1. The smallest absolute Gasteiger partial charge is 0.191 e. The van der Waals surface area contributed by atoms with Crippen molar-refractivity contribution < 1.29 is 0 Å². The van der Waals surface area contributed by atoms with E-state index < -0.39 is 0 Å². The van der Waals surface area contributed by atoms with Crippen LogP contribution in [0, 0.1) is 0 Å². The van der Waals surface area contributed by atoms with E-state index in [1.165, 1.54) is 4.88 Å². The zero-order valence-electron chi connectivity index (χ0n) is 11.3. The number of aromatic nitrogens is 3. The van der Waals surface area contributed by atoms with Crippen molar-refractivity contribution in [2.75, 3.05) is 0 Å². The summed E-state index contributed by atoms with van der Waals surface area (Å²) in [5.74, 6) is 0.803. The molecule has 2 aromatic heterocycles. The van der Waals surface area contributed by atoms with E-state index in [0.717, 1.165) is 34.5 Å². The molecule has 0 amide bonds. The Morgan fingerprint density at radius 2 is 2.10 bits per heavy atom. The molecule has 0 radical (unpaired) electrons. The topological polar surface area (TPSA) is 30.7 Å². The second-order valence-electron chi connectivity index (χ2n) is 4.52. The molecule has 0 saturated heterocycles. The van der Waals surface area contributed by atoms with Crippen molar-refractivity contribution in [2.24, 2.45) is 0 Å². The monoisotopic (exact) mass is 335 g/mol. The molecule has 21 heavy (non-hydrogen) atoms. The van der Waals surface area contributed by atoms with Crippen molar-refractivity contribution in [1.29, 1.82) is 0 Å². The molecule has 0 saturated carbocycles. The Hall–Kier alpha value is -1.30. The van der Waals surface area contributed by atoms with E-state index in [9.17, 15) is 0 Å². The summed E-state index contributed by atoms with van der Waals surface area (Å²) in [6.07, 6.45) is 2.80. The summed E-state index contributed by atoms with van der Waals surface area (Å²) in [6.45, 7) is 0.901. The van der Waals surface area contributed by atoms with Gasteiger partial charge in [0.05, 0.1) is 0 Å². The van der Waals surface area contributed by atoms with Crippen molar-refractivity contribution in [3.63, 3.8) is 0 Å².